The SMILES string of the molecule is CSCCC(NC(=O)C(Cc1cnc[nH]1)NC(=O)C(N)CC(=O)O)C(=O)NC(CCCN=C(N)N)C(=O)O. The number of H-pyrrole nitrogens is 1. The highest BCUT2D eigenvalue weighted by Gasteiger charge is 2.30. The molecule has 16 nitrogen and oxygen atoms in total. The van der Waals surface area contributed by atoms with Crippen molar-refractivity contribution in [2.24, 2.45) is 22.2 Å². The largest absolute Gasteiger partial charge is 0.481 e. The van der Waals surface area contributed by atoms with Crippen molar-refractivity contribution >= 4 is 47.4 Å². The van der Waals surface area contributed by atoms with Crippen LogP contribution in [-0.2, 0) is 30.4 Å². The van der Waals surface area contributed by atoms with Crippen molar-refractivity contribution in [1.29, 1.82) is 0 Å². The van der Waals surface area contributed by atoms with Gasteiger partial charge in [0.1, 0.15) is 18.1 Å². The number of aliphatic carboxylic acids is 2. The second-order valence-electron chi connectivity index (χ2n) is 8.24. The number of aromatic nitrogens is 2. The van der Waals surface area contributed by atoms with Crippen LogP contribution >= 0.6 is 11.8 Å². The highest BCUT2D eigenvalue weighted by Crippen LogP contribution is 2.07. The number of hydrogen-bond acceptors (Lipinski definition) is 9. The second kappa shape index (κ2) is 16.8. The Kier molecular flexibility index (Phi) is 14.2. The van der Waals surface area contributed by atoms with Gasteiger partial charge >= 0.3 is 11.9 Å². The molecule has 1 heterocycles. The van der Waals surface area contributed by atoms with Crippen molar-refractivity contribution in [2.75, 3.05) is 18.6 Å². The molecule has 0 saturated carbocycles. The predicted molar refractivity (Wildman–Crippen MR) is 139 cm³/mol. The van der Waals surface area contributed by atoms with Crippen LogP contribution in [0, 0.1) is 0 Å². The molecule has 3 amide bonds. The van der Waals surface area contributed by atoms with Gasteiger partial charge in [-0.15, -0.1) is 0 Å². The molecule has 0 aliphatic rings. The van der Waals surface area contributed by atoms with E-state index in [2.05, 4.69) is 30.9 Å². The molecule has 0 aliphatic carbocycles. The van der Waals surface area contributed by atoms with E-state index in [1.165, 1.54) is 24.3 Å². The van der Waals surface area contributed by atoms with Gasteiger partial charge in [0.05, 0.1) is 18.8 Å². The maximum Gasteiger partial charge on any atom is 0.326 e. The van der Waals surface area contributed by atoms with E-state index in [1.807, 2.05) is 0 Å². The van der Waals surface area contributed by atoms with Crippen LogP contribution in [0.25, 0.3) is 0 Å². The topological polar surface area (TPSA) is 281 Å². The smallest absolute Gasteiger partial charge is 0.326 e. The Hall–Kier alpha value is -3.86. The molecule has 4 unspecified atom stereocenters. The molecule has 0 fully saturated rings. The highest BCUT2D eigenvalue weighted by atomic mass is 32.2. The van der Waals surface area contributed by atoms with E-state index in [9.17, 15) is 29.1 Å². The molecule has 0 aliphatic heterocycles. The molecule has 17 heteroatoms. The van der Waals surface area contributed by atoms with Crippen LogP contribution in [0.1, 0.15) is 31.4 Å². The fourth-order valence-corrected chi connectivity index (χ4v) is 3.67. The van der Waals surface area contributed by atoms with E-state index in [-0.39, 0.29) is 38.2 Å². The standard InChI is InChI=1S/C21H35N9O7S/c1-38-6-4-13(18(34)29-14(20(36)37)3-2-5-26-21(23)24)28-19(35)15(7-11-9-25-10-27-11)30-17(33)12(22)8-16(31)32/h9-10,12-15H,2-8,22H2,1H3,(H,25,27)(H,28,35)(H,29,34)(H,30,33)(H,31,32)(H,36,37)(H4,23,24,26). The number of rotatable bonds is 18. The lowest BCUT2D eigenvalue weighted by atomic mass is 10.1. The third-order valence-electron chi connectivity index (χ3n) is 5.15. The maximum absolute atomic E-state index is 13.2. The van der Waals surface area contributed by atoms with Gasteiger partial charge in [-0.1, -0.05) is 0 Å². The number of nitrogens with two attached hydrogens (primary N) is 3. The minimum absolute atomic E-state index is 0.0427. The van der Waals surface area contributed by atoms with Gasteiger partial charge in [0.25, 0.3) is 0 Å². The molecule has 1 rings (SSSR count). The molecule has 212 valence electrons. The average Bonchev–Trinajstić information content (AvgIpc) is 3.35. The third-order valence-corrected chi connectivity index (χ3v) is 5.79. The Morgan fingerprint density at radius 3 is 2.21 bits per heavy atom. The Morgan fingerprint density at radius 1 is 1.03 bits per heavy atom. The monoisotopic (exact) mass is 557 g/mol. The van der Waals surface area contributed by atoms with Gasteiger partial charge in [0.15, 0.2) is 5.96 Å². The molecule has 0 saturated heterocycles. The first kappa shape index (κ1) is 32.2. The second-order valence-corrected chi connectivity index (χ2v) is 9.22. The van der Waals surface area contributed by atoms with Crippen LogP contribution in [-0.4, -0.2) is 98.5 Å². The molecular formula is C21H35N9O7S. The van der Waals surface area contributed by atoms with Gasteiger partial charge in [0.2, 0.25) is 17.7 Å². The molecule has 4 atom stereocenters. The summed E-state index contributed by atoms with van der Waals surface area (Å²) in [5.74, 6) is -4.59. The average molecular weight is 558 g/mol. The summed E-state index contributed by atoms with van der Waals surface area (Å²) in [5, 5.41) is 25.8. The van der Waals surface area contributed by atoms with Gasteiger partial charge in [-0.05, 0) is 31.3 Å². The third kappa shape index (κ3) is 12.4. The molecule has 12 N–H and O–H groups in total. The van der Waals surface area contributed by atoms with E-state index < -0.39 is 60.2 Å². The van der Waals surface area contributed by atoms with E-state index >= 15 is 0 Å². The summed E-state index contributed by atoms with van der Waals surface area (Å²) in [6.45, 7) is 0.174. The number of guanidine groups is 1. The van der Waals surface area contributed by atoms with Crippen LogP contribution in [0.15, 0.2) is 17.5 Å². The number of amides is 3. The van der Waals surface area contributed by atoms with E-state index in [0.717, 1.165) is 0 Å². The first-order valence-corrected chi connectivity index (χ1v) is 13.0. The van der Waals surface area contributed by atoms with E-state index in [4.69, 9.17) is 22.3 Å². The van der Waals surface area contributed by atoms with Crippen molar-refractivity contribution in [2.45, 2.75) is 56.3 Å². The van der Waals surface area contributed by atoms with Gasteiger partial charge in [-0.3, -0.25) is 24.2 Å². The number of aliphatic imine (C=N–C) groups is 1. The lowest BCUT2D eigenvalue weighted by Gasteiger charge is -2.25. The van der Waals surface area contributed by atoms with E-state index in [0.29, 0.717) is 11.4 Å². The Bertz CT molecular complexity index is 970. The van der Waals surface area contributed by atoms with Crippen LogP contribution < -0.4 is 33.2 Å². The van der Waals surface area contributed by atoms with Gasteiger partial charge in [-0.25, -0.2) is 9.78 Å². The number of carboxylic acid groups (broad SMARTS) is 2. The van der Waals surface area contributed by atoms with Crippen molar-refractivity contribution in [3.8, 4) is 0 Å². The number of nitrogens with zero attached hydrogens (tertiary/aromatic N) is 2. The molecule has 0 aromatic carbocycles. The number of nitrogens with one attached hydrogen (secondary N) is 4. The summed E-state index contributed by atoms with van der Waals surface area (Å²) in [4.78, 5) is 71.6. The normalized spacial score (nSPS) is 13.8. The summed E-state index contributed by atoms with van der Waals surface area (Å²) in [7, 11) is 0. The zero-order valence-corrected chi connectivity index (χ0v) is 21.7. The molecule has 0 bridgehead atoms. The minimum Gasteiger partial charge on any atom is -0.481 e. The number of carboxylic acids is 2. The molecule has 38 heavy (non-hydrogen) atoms. The predicted octanol–water partition coefficient (Wildman–Crippen LogP) is -2.90. The molecular weight excluding hydrogens is 522 g/mol. The zero-order valence-electron chi connectivity index (χ0n) is 20.9. The summed E-state index contributed by atoms with van der Waals surface area (Å²) in [6, 6.07) is -5.01. The van der Waals surface area contributed by atoms with E-state index in [1.54, 1.807) is 6.26 Å². The van der Waals surface area contributed by atoms with Crippen molar-refractivity contribution < 1.29 is 34.2 Å². The Morgan fingerprint density at radius 2 is 1.66 bits per heavy atom. The molecule has 0 spiro atoms. The number of carbonyl (C=O) groups is 5. The van der Waals surface area contributed by atoms with Crippen LogP contribution in [0.4, 0.5) is 0 Å². The van der Waals surface area contributed by atoms with Crippen molar-refractivity contribution in [3.63, 3.8) is 0 Å². The first-order chi connectivity index (χ1) is 17.9. The van der Waals surface area contributed by atoms with Crippen LogP contribution in [0.2, 0.25) is 0 Å². The summed E-state index contributed by atoms with van der Waals surface area (Å²) < 4.78 is 0. The first-order valence-electron chi connectivity index (χ1n) is 11.6. The van der Waals surface area contributed by atoms with Gasteiger partial charge in [-0.2, -0.15) is 11.8 Å². The quantitative estimate of drug-likeness (QED) is 0.0499. The van der Waals surface area contributed by atoms with Crippen LogP contribution in [0.5, 0.6) is 0 Å². The fraction of sp³-hybridized carbons (Fsp3) is 0.571. The lowest BCUT2D eigenvalue weighted by Crippen LogP contribution is -2.57. The summed E-state index contributed by atoms with van der Waals surface area (Å²) in [5.41, 5.74) is 16.6. The maximum atomic E-state index is 13.2. The molecule has 1 aromatic rings. The molecule has 1 aromatic heterocycles. The Labute approximate surface area is 223 Å². The number of carbonyl (C=O) groups excluding carboxylic acids is 3. The number of hydrogen-bond donors (Lipinski definition) is 9. The number of imidazole rings is 1. The minimum atomic E-state index is -1.41. The van der Waals surface area contributed by atoms with Crippen LogP contribution in [0.3, 0.4) is 0 Å². The summed E-state index contributed by atoms with van der Waals surface area (Å²) >= 11 is 1.41. The molecule has 0 radical (unpaired) electrons. The number of aromatic amines is 1. The van der Waals surface area contributed by atoms with Crippen molar-refractivity contribution in [1.82, 2.24) is 25.9 Å². The lowest BCUT2D eigenvalue weighted by molar-refractivity contribution is -0.142. The number of thioether (sulfide) groups is 1. The highest BCUT2D eigenvalue weighted by molar-refractivity contribution is 7.98. The summed E-state index contributed by atoms with van der Waals surface area (Å²) in [6.07, 6.45) is 4.39. The van der Waals surface area contributed by atoms with Crippen molar-refractivity contribution in [3.05, 3.63) is 18.2 Å². The van der Waals surface area contributed by atoms with Gasteiger partial charge < -0.3 is 48.3 Å². The zero-order chi connectivity index (χ0) is 28.7. The fourth-order valence-electron chi connectivity index (χ4n) is 3.20. The Balaban J connectivity index is 2.99. The van der Waals surface area contributed by atoms with Gasteiger partial charge in [0, 0.05) is 24.9 Å².